The number of nitrogens with zero attached hydrogens (tertiary/aromatic N) is 2. The van der Waals surface area contributed by atoms with Crippen LogP contribution in [0.5, 0.6) is 0 Å². The molecule has 2 rings (SSSR count). The van der Waals surface area contributed by atoms with Gasteiger partial charge in [-0.1, -0.05) is 6.07 Å². The van der Waals surface area contributed by atoms with E-state index in [1.807, 2.05) is 25.1 Å². The van der Waals surface area contributed by atoms with Gasteiger partial charge in [0.05, 0.1) is 17.7 Å². The average molecular weight is 241 g/mol. The standard InChI is InChI=1S/C14H12FN3/c1-10(12-3-2-4-17-9-12)18-14-6-11(8-16)5-13(15)7-14/h2-7,9-10,18H,1H3. The molecule has 0 radical (unpaired) electrons. The fourth-order valence-corrected chi connectivity index (χ4v) is 1.70. The summed E-state index contributed by atoms with van der Waals surface area (Å²) in [5.74, 6) is -0.421. The molecule has 0 aliphatic rings. The van der Waals surface area contributed by atoms with E-state index in [0.717, 1.165) is 5.56 Å². The van der Waals surface area contributed by atoms with Crippen molar-refractivity contribution in [3.05, 3.63) is 59.7 Å². The third-order valence-electron chi connectivity index (χ3n) is 2.59. The zero-order valence-corrected chi connectivity index (χ0v) is 9.89. The minimum atomic E-state index is -0.421. The second kappa shape index (κ2) is 5.28. The highest BCUT2D eigenvalue weighted by atomic mass is 19.1. The summed E-state index contributed by atoms with van der Waals surface area (Å²) in [5, 5.41) is 11.9. The molecule has 0 aliphatic heterocycles. The smallest absolute Gasteiger partial charge is 0.126 e. The Bertz CT molecular complexity index is 575. The number of benzene rings is 1. The van der Waals surface area contributed by atoms with Crippen LogP contribution in [0, 0.1) is 17.1 Å². The lowest BCUT2D eigenvalue weighted by molar-refractivity contribution is 0.627. The van der Waals surface area contributed by atoms with Gasteiger partial charge in [-0.2, -0.15) is 5.26 Å². The number of nitriles is 1. The molecule has 0 saturated carbocycles. The highest BCUT2D eigenvalue weighted by molar-refractivity contribution is 5.51. The SMILES string of the molecule is CC(Nc1cc(F)cc(C#N)c1)c1cccnc1. The molecule has 1 unspecified atom stereocenters. The van der Waals surface area contributed by atoms with E-state index in [-0.39, 0.29) is 6.04 Å². The van der Waals surface area contributed by atoms with Crippen molar-refractivity contribution in [2.24, 2.45) is 0 Å². The first-order valence-corrected chi connectivity index (χ1v) is 5.56. The number of hydrogen-bond acceptors (Lipinski definition) is 3. The lowest BCUT2D eigenvalue weighted by Gasteiger charge is -2.15. The Morgan fingerprint density at radius 1 is 1.39 bits per heavy atom. The molecule has 1 atom stereocenters. The number of anilines is 1. The summed E-state index contributed by atoms with van der Waals surface area (Å²) < 4.78 is 13.3. The zero-order chi connectivity index (χ0) is 13.0. The molecule has 0 saturated heterocycles. The molecule has 0 bridgehead atoms. The predicted octanol–water partition coefficient (Wildman–Crippen LogP) is 3.27. The van der Waals surface area contributed by atoms with Gasteiger partial charge in [-0.05, 0) is 36.8 Å². The highest BCUT2D eigenvalue weighted by Gasteiger charge is 2.07. The maximum atomic E-state index is 13.3. The largest absolute Gasteiger partial charge is 0.378 e. The van der Waals surface area contributed by atoms with E-state index in [0.29, 0.717) is 11.3 Å². The van der Waals surface area contributed by atoms with Gasteiger partial charge in [-0.25, -0.2) is 4.39 Å². The first-order valence-electron chi connectivity index (χ1n) is 5.56. The van der Waals surface area contributed by atoms with Crippen LogP contribution in [0.4, 0.5) is 10.1 Å². The third-order valence-corrected chi connectivity index (χ3v) is 2.59. The average Bonchev–Trinajstić information content (AvgIpc) is 2.39. The number of pyridine rings is 1. The number of halogens is 1. The van der Waals surface area contributed by atoms with Crippen LogP contribution in [0.1, 0.15) is 24.1 Å². The van der Waals surface area contributed by atoms with Gasteiger partial charge in [0, 0.05) is 18.1 Å². The summed E-state index contributed by atoms with van der Waals surface area (Å²) in [6.45, 7) is 1.95. The Morgan fingerprint density at radius 3 is 2.89 bits per heavy atom. The van der Waals surface area contributed by atoms with Gasteiger partial charge in [0.2, 0.25) is 0 Å². The van der Waals surface area contributed by atoms with E-state index in [4.69, 9.17) is 5.26 Å². The van der Waals surface area contributed by atoms with Crippen molar-refractivity contribution in [1.29, 1.82) is 5.26 Å². The number of aromatic nitrogens is 1. The molecule has 0 spiro atoms. The Labute approximate surface area is 105 Å². The Morgan fingerprint density at radius 2 is 2.22 bits per heavy atom. The second-order valence-corrected chi connectivity index (χ2v) is 3.99. The van der Waals surface area contributed by atoms with Gasteiger partial charge in [0.15, 0.2) is 0 Å². The fourth-order valence-electron chi connectivity index (χ4n) is 1.70. The minimum absolute atomic E-state index is 0.00737. The molecule has 0 aliphatic carbocycles. The number of nitrogens with one attached hydrogen (secondary N) is 1. The molecule has 0 fully saturated rings. The van der Waals surface area contributed by atoms with E-state index in [1.165, 1.54) is 12.1 Å². The van der Waals surface area contributed by atoms with Crippen LogP contribution in [0.3, 0.4) is 0 Å². The van der Waals surface area contributed by atoms with Gasteiger partial charge in [0.25, 0.3) is 0 Å². The van der Waals surface area contributed by atoms with Crippen molar-refractivity contribution >= 4 is 5.69 Å². The Hall–Kier alpha value is -2.41. The van der Waals surface area contributed by atoms with Crippen molar-refractivity contribution in [1.82, 2.24) is 4.98 Å². The Kier molecular flexibility index (Phi) is 3.54. The number of rotatable bonds is 3. The lowest BCUT2D eigenvalue weighted by Crippen LogP contribution is -2.07. The number of hydrogen-bond donors (Lipinski definition) is 1. The fraction of sp³-hybridized carbons (Fsp3) is 0.143. The van der Waals surface area contributed by atoms with E-state index in [1.54, 1.807) is 18.5 Å². The molecule has 1 heterocycles. The first kappa shape index (κ1) is 12.1. The molecule has 1 N–H and O–H groups in total. The van der Waals surface area contributed by atoms with Crippen molar-refractivity contribution in [2.75, 3.05) is 5.32 Å². The molecule has 1 aromatic heterocycles. The van der Waals surface area contributed by atoms with Crippen molar-refractivity contribution < 1.29 is 4.39 Å². The monoisotopic (exact) mass is 241 g/mol. The summed E-state index contributed by atoms with van der Waals surface area (Å²) in [6, 6.07) is 9.91. The normalized spacial score (nSPS) is 11.6. The van der Waals surface area contributed by atoms with E-state index in [2.05, 4.69) is 10.3 Å². The van der Waals surface area contributed by atoms with Gasteiger partial charge < -0.3 is 5.32 Å². The lowest BCUT2D eigenvalue weighted by atomic mass is 10.1. The van der Waals surface area contributed by atoms with Crippen LogP contribution in [-0.4, -0.2) is 4.98 Å². The topological polar surface area (TPSA) is 48.7 Å². The van der Waals surface area contributed by atoms with Gasteiger partial charge in [-0.3, -0.25) is 4.98 Å². The molecule has 4 heteroatoms. The molecule has 0 amide bonds. The summed E-state index contributed by atoms with van der Waals surface area (Å²) in [7, 11) is 0. The minimum Gasteiger partial charge on any atom is -0.378 e. The summed E-state index contributed by atoms with van der Waals surface area (Å²) in [5.41, 5.74) is 1.89. The maximum absolute atomic E-state index is 13.3. The molecule has 18 heavy (non-hydrogen) atoms. The van der Waals surface area contributed by atoms with Crippen molar-refractivity contribution in [2.45, 2.75) is 13.0 Å². The quantitative estimate of drug-likeness (QED) is 0.897. The van der Waals surface area contributed by atoms with Crippen LogP contribution < -0.4 is 5.32 Å². The van der Waals surface area contributed by atoms with Crippen LogP contribution >= 0.6 is 0 Å². The second-order valence-electron chi connectivity index (χ2n) is 3.99. The molecular formula is C14H12FN3. The maximum Gasteiger partial charge on any atom is 0.126 e. The van der Waals surface area contributed by atoms with Gasteiger partial charge in [-0.15, -0.1) is 0 Å². The van der Waals surface area contributed by atoms with E-state index in [9.17, 15) is 4.39 Å². The van der Waals surface area contributed by atoms with Gasteiger partial charge in [0.1, 0.15) is 5.82 Å². The van der Waals surface area contributed by atoms with E-state index >= 15 is 0 Å². The summed E-state index contributed by atoms with van der Waals surface area (Å²) >= 11 is 0. The van der Waals surface area contributed by atoms with E-state index < -0.39 is 5.82 Å². The van der Waals surface area contributed by atoms with Crippen molar-refractivity contribution in [3.8, 4) is 6.07 Å². The molecular weight excluding hydrogens is 229 g/mol. The van der Waals surface area contributed by atoms with Crippen LogP contribution in [0.2, 0.25) is 0 Å². The van der Waals surface area contributed by atoms with Crippen LogP contribution in [0.15, 0.2) is 42.7 Å². The summed E-state index contributed by atoms with van der Waals surface area (Å²) in [6.07, 6.45) is 3.45. The zero-order valence-electron chi connectivity index (χ0n) is 9.89. The van der Waals surface area contributed by atoms with Gasteiger partial charge >= 0.3 is 0 Å². The summed E-state index contributed by atoms with van der Waals surface area (Å²) in [4.78, 5) is 4.03. The molecule has 1 aromatic carbocycles. The van der Waals surface area contributed by atoms with Crippen molar-refractivity contribution in [3.63, 3.8) is 0 Å². The molecule has 2 aromatic rings. The Balaban J connectivity index is 2.20. The first-order chi connectivity index (χ1) is 8.69. The van der Waals surface area contributed by atoms with Crippen LogP contribution in [-0.2, 0) is 0 Å². The van der Waals surface area contributed by atoms with Crippen LogP contribution in [0.25, 0.3) is 0 Å². The molecule has 3 nitrogen and oxygen atoms in total. The molecule has 90 valence electrons. The third kappa shape index (κ3) is 2.83. The highest BCUT2D eigenvalue weighted by Crippen LogP contribution is 2.20. The predicted molar refractivity (Wildman–Crippen MR) is 67.4 cm³/mol.